The van der Waals surface area contributed by atoms with Crippen molar-refractivity contribution in [3.63, 3.8) is 0 Å². The largest absolute Gasteiger partial charge is 0.396 e. The van der Waals surface area contributed by atoms with E-state index in [1.165, 1.54) is 6.07 Å². The molecule has 4 rings (SSSR count). The van der Waals surface area contributed by atoms with Crippen LogP contribution in [0.2, 0.25) is 0 Å². The van der Waals surface area contributed by atoms with E-state index in [9.17, 15) is 0 Å². The molecule has 0 aliphatic rings. The highest BCUT2D eigenvalue weighted by Crippen LogP contribution is 2.29. The van der Waals surface area contributed by atoms with Gasteiger partial charge < -0.3 is 20.6 Å². The summed E-state index contributed by atoms with van der Waals surface area (Å²) in [6.45, 7) is 18.5. The number of nitrogens with one attached hydrogen (secondary N) is 2. The number of aryl methyl sites for hydroxylation is 1. The summed E-state index contributed by atoms with van der Waals surface area (Å²) >= 11 is 0. The molecule has 0 radical (unpaired) electrons. The van der Waals surface area contributed by atoms with Gasteiger partial charge in [0.2, 0.25) is 0 Å². The van der Waals surface area contributed by atoms with Crippen LogP contribution < -0.4 is 11.1 Å². The molecule has 0 unspecified atom stereocenters. The molecule has 0 aliphatic carbocycles. The van der Waals surface area contributed by atoms with E-state index >= 15 is 4.39 Å². The molecule has 6 nitrogen and oxygen atoms in total. The van der Waals surface area contributed by atoms with Gasteiger partial charge in [0.1, 0.15) is 11.5 Å². The number of terminal acetylenes is 1. The van der Waals surface area contributed by atoms with Crippen LogP contribution in [0.25, 0.3) is 22.3 Å². The van der Waals surface area contributed by atoms with Crippen LogP contribution in [0.5, 0.6) is 0 Å². The summed E-state index contributed by atoms with van der Waals surface area (Å²) in [5.74, 6) is -0.454. The summed E-state index contributed by atoms with van der Waals surface area (Å²) in [7, 11) is 0. The molecule has 0 atom stereocenters. The van der Waals surface area contributed by atoms with Crippen molar-refractivity contribution in [3.05, 3.63) is 114 Å². The van der Waals surface area contributed by atoms with Crippen molar-refractivity contribution in [2.45, 2.75) is 47.5 Å². The number of rotatable bonds is 9. The molecule has 7 heteroatoms. The summed E-state index contributed by atoms with van der Waals surface area (Å²) in [5.41, 5.74) is 13.9. The zero-order valence-electron chi connectivity index (χ0n) is 24.6. The topological polar surface area (TPSA) is 84.6 Å². The highest BCUT2D eigenvalue weighted by Gasteiger charge is 2.15. The van der Waals surface area contributed by atoms with Crippen LogP contribution >= 0.6 is 0 Å². The molecule has 0 spiro atoms. The summed E-state index contributed by atoms with van der Waals surface area (Å²) < 4.78 is 17.1. The molecule has 0 amide bonds. The van der Waals surface area contributed by atoms with Gasteiger partial charge in [0.15, 0.2) is 0 Å². The molecule has 0 bridgehead atoms. The Balaban J connectivity index is 0.00000226. The number of fused-ring (bicyclic) bond motifs is 1. The maximum Gasteiger partial charge on any atom is 0.146 e. The SMILES string of the molecule is C#C.C=C/C(=C\C(=C/C)c1cc(F)c(N)c(Cc2cc3c(-n4cnc(C)c4)ccnc3[nH]2)c1)NC(=C)CC(C)(C)C. The van der Waals surface area contributed by atoms with E-state index in [0.717, 1.165) is 57.1 Å². The molecule has 0 saturated heterocycles. The predicted molar refractivity (Wildman–Crippen MR) is 170 cm³/mol. The number of benzene rings is 1. The van der Waals surface area contributed by atoms with Crippen molar-refractivity contribution in [1.82, 2.24) is 24.8 Å². The number of imidazole rings is 1. The highest BCUT2D eigenvalue weighted by atomic mass is 19.1. The zero-order valence-corrected chi connectivity index (χ0v) is 24.6. The minimum absolute atomic E-state index is 0.103. The standard InChI is InChI=1S/C32H37FN6.C2H2/c1-8-22(13-25(9-2)37-20(3)17-32(5,6)7)23-12-24(30(34)28(33)15-23)14-26-16-27-29(10-11-35-31(27)38-26)39-18-21(4)36-19-39;1-2/h8-13,15-16,18-19,37H,2-3,14,17,34H2,1,4-7H3,(H,35,38);1-2H/b22-8+,25-13+;. The van der Waals surface area contributed by atoms with Crippen LogP contribution in [0.1, 0.15) is 56.6 Å². The van der Waals surface area contributed by atoms with Crippen LogP contribution in [0.15, 0.2) is 85.8 Å². The van der Waals surface area contributed by atoms with E-state index in [-0.39, 0.29) is 11.1 Å². The Morgan fingerprint density at radius 2 is 1.95 bits per heavy atom. The molecule has 1 aromatic carbocycles. The third-order valence-electron chi connectivity index (χ3n) is 6.39. The lowest BCUT2D eigenvalue weighted by molar-refractivity contribution is 0.403. The van der Waals surface area contributed by atoms with Crippen molar-refractivity contribution in [1.29, 1.82) is 0 Å². The smallest absolute Gasteiger partial charge is 0.146 e. The number of allylic oxidation sites excluding steroid dienone is 5. The van der Waals surface area contributed by atoms with Gasteiger partial charge in [0, 0.05) is 41.3 Å². The fraction of sp³-hybridized carbons (Fsp3) is 0.235. The van der Waals surface area contributed by atoms with Gasteiger partial charge in [-0.15, -0.1) is 12.8 Å². The Hall–Kier alpha value is -4.83. The van der Waals surface area contributed by atoms with E-state index in [1.54, 1.807) is 18.6 Å². The average molecular weight is 551 g/mol. The highest BCUT2D eigenvalue weighted by molar-refractivity contribution is 5.86. The Bertz CT molecular complexity index is 1640. The molecule has 0 fully saturated rings. The number of aromatic nitrogens is 4. The number of nitrogens with two attached hydrogens (primary N) is 1. The summed E-state index contributed by atoms with van der Waals surface area (Å²) in [6, 6.07) is 7.39. The van der Waals surface area contributed by atoms with Crippen LogP contribution in [0, 0.1) is 31.0 Å². The molecule has 4 aromatic rings. The second kappa shape index (κ2) is 13.0. The second-order valence-electron chi connectivity index (χ2n) is 11.0. The van der Waals surface area contributed by atoms with Gasteiger partial charge in [-0.3, -0.25) is 0 Å². The summed E-state index contributed by atoms with van der Waals surface area (Å²) in [6.07, 6.45) is 20.4. The molecule has 3 heterocycles. The normalized spacial score (nSPS) is 12.1. The van der Waals surface area contributed by atoms with E-state index in [1.807, 2.05) is 55.0 Å². The van der Waals surface area contributed by atoms with E-state index in [2.05, 4.69) is 67.0 Å². The first kappa shape index (κ1) is 30.7. The Labute approximate surface area is 242 Å². The number of halogens is 1. The Kier molecular flexibility index (Phi) is 9.75. The van der Waals surface area contributed by atoms with Crippen LogP contribution in [0.4, 0.5) is 10.1 Å². The number of hydrogen-bond acceptors (Lipinski definition) is 4. The summed E-state index contributed by atoms with van der Waals surface area (Å²) in [4.78, 5) is 12.2. The van der Waals surface area contributed by atoms with Gasteiger partial charge in [-0.05, 0) is 78.8 Å². The third kappa shape index (κ3) is 7.64. The van der Waals surface area contributed by atoms with Gasteiger partial charge in [-0.2, -0.15) is 0 Å². The monoisotopic (exact) mass is 550 g/mol. The molecule has 0 aliphatic heterocycles. The molecule has 212 valence electrons. The first-order valence-corrected chi connectivity index (χ1v) is 13.3. The minimum atomic E-state index is -0.454. The molecular formula is C34H39FN6. The third-order valence-corrected chi connectivity index (χ3v) is 6.39. The van der Waals surface area contributed by atoms with Crippen LogP contribution in [-0.2, 0) is 6.42 Å². The minimum Gasteiger partial charge on any atom is -0.396 e. The number of anilines is 1. The van der Waals surface area contributed by atoms with Crippen molar-refractivity contribution < 1.29 is 4.39 Å². The Morgan fingerprint density at radius 3 is 2.56 bits per heavy atom. The molecule has 41 heavy (non-hydrogen) atoms. The number of H-pyrrole nitrogens is 1. The van der Waals surface area contributed by atoms with Gasteiger partial charge in [-0.25, -0.2) is 14.4 Å². The number of nitrogen functional groups attached to an aromatic ring is 1. The predicted octanol–water partition coefficient (Wildman–Crippen LogP) is 7.63. The first-order chi connectivity index (χ1) is 19.5. The van der Waals surface area contributed by atoms with Gasteiger partial charge in [0.05, 0.1) is 23.4 Å². The van der Waals surface area contributed by atoms with E-state index < -0.39 is 5.82 Å². The van der Waals surface area contributed by atoms with Gasteiger partial charge >= 0.3 is 0 Å². The molecule has 3 aromatic heterocycles. The van der Waals surface area contributed by atoms with Crippen LogP contribution in [0.3, 0.4) is 0 Å². The van der Waals surface area contributed by atoms with Crippen molar-refractivity contribution in [2.75, 3.05) is 5.73 Å². The lowest BCUT2D eigenvalue weighted by Gasteiger charge is -2.21. The number of pyridine rings is 1. The lowest BCUT2D eigenvalue weighted by Crippen LogP contribution is -2.16. The van der Waals surface area contributed by atoms with Crippen molar-refractivity contribution >= 4 is 22.3 Å². The zero-order chi connectivity index (χ0) is 30.3. The van der Waals surface area contributed by atoms with E-state index in [4.69, 9.17) is 5.73 Å². The van der Waals surface area contributed by atoms with Gasteiger partial charge in [-0.1, -0.05) is 40.0 Å². The maximum atomic E-state index is 15.1. The number of nitrogens with zero attached hydrogens (tertiary/aromatic N) is 3. The fourth-order valence-corrected chi connectivity index (χ4v) is 4.67. The lowest BCUT2D eigenvalue weighted by atomic mass is 9.91. The van der Waals surface area contributed by atoms with Crippen LogP contribution in [-0.4, -0.2) is 19.5 Å². The molecule has 0 saturated carbocycles. The molecular weight excluding hydrogens is 511 g/mol. The first-order valence-electron chi connectivity index (χ1n) is 13.3. The average Bonchev–Trinajstić information content (AvgIpc) is 3.54. The summed E-state index contributed by atoms with van der Waals surface area (Å²) in [5, 5.41) is 4.30. The van der Waals surface area contributed by atoms with Crippen molar-refractivity contribution in [3.8, 4) is 18.5 Å². The quantitative estimate of drug-likeness (QED) is 0.114. The van der Waals surface area contributed by atoms with Gasteiger partial charge in [0.25, 0.3) is 0 Å². The Morgan fingerprint density at radius 1 is 1.22 bits per heavy atom. The van der Waals surface area contributed by atoms with Crippen molar-refractivity contribution in [2.24, 2.45) is 5.41 Å². The maximum absolute atomic E-state index is 15.1. The molecule has 4 N–H and O–H groups in total. The number of hydrogen-bond donors (Lipinski definition) is 3. The second-order valence-corrected chi connectivity index (χ2v) is 11.0. The fourth-order valence-electron chi connectivity index (χ4n) is 4.67. The number of aromatic amines is 1. The van der Waals surface area contributed by atoms with E-state index in [0.29, 0.717) is 12.0 Å².